The van der Waals surface area contributed by atoms with E-state index in [1.807, 2.05) is 44.7 Å². The van der Waals surface area contributed by atoms with E-state index in [1.165, 1.54) is 0 Å². The second kappa shape index (κ2) is 5.30. The Morgan fingerprint density at radius 2 is 2.18 bits per heavy atom. The van der Waals surface area contributed by atoms with Gasteiger partial charge in [0.1, 0.15) is 0 Å². The van der Waals surface area contributed by atoms with Crippen molar-refractivity contribution >= 4 is 11.4 Å². The van der Waals surface area contributed by atoms with Crippen LogP contribution in [0.2, 0.25) is 0 Å². The fraction of sp³-hybridized carbons (Fsp3) is 0.231. The highest BCUT2D eigenvalue weighted by atomic mass is 15.1. The molecule has 17 heavy (non-hydrogen) atoms. The van der Waals surface area contributed by atoms with Crippen LogP contribution in [0.3, 0.4) is 0 Å². The van der Waals surface area contributed by atoms with Gasteiger partial charge >= 0.3 is 0 Å². The van der Waals surface area contributed by atoms with Gasteiger partial charge in [0.2, 0.25) is 0 Å². The summed E-state index contributed by atoms with van der Waals surface area (Å²) in [4.78, 5) is 10.6. The summed E-state index contributed by atoms with van der Waals surface area (Å²) >= 11 is 0. The predicted molar refractivity (Wildman–Crippen MR) is 70.1 cm³/mol. The number of nitrogens with one attached hydrogen (secondary N) is 1. The highest BCUT2D eigenvalue weighted by molar-refractivity contribution is 5.54. The molecule has 0 bridgehead atoms. The Morgan fingerprint density at radius 1 is 1.29 bits per heavy atom. The molecule has 4 nitrogen and oxygen atoms in total. The average Bonchev–Trinajstić information content (AvgIpc) is 2.40. The number of hydrogen-bond donors (Lipinski definition) is 1. The molecular weight excluding hydrogens is 212 g/mol. The molecule has 0 aromatic carbocycles. The molecule has 0 saturated heterocycles. The molecular formula is C13H16N4. The van der Waals surface area contributed by atoms with Crippen molar-refractivity contribution in [3.8, 4) is 0 Å². The molecule has 2 rings (SSSR count). The van der Waals surface area contributed by atoms with E-state index in [-0.39, 0.29) is 0 Å². The van der Waals surface area contributed by atoms with Crippen molar-refractivity contribution in [2.75, 3.05) is 24.3 Å². The van der Waals surface area contributed by atoms with Gasteiger partial charge in [0.25, 0.3) is 0 Å². The van der Waals surface area contributed by atoms with Crippen LogP contribution in [0, 0.1) is 0 Å². The van der Waals surface area contributed by atoms with E-state index in [0.717, 1.165) is 23.6 Å². The topological polar surface area (TPSA) is 41.1 Å². The third-order valence-electron chi connectivity index (χ3n) is 2.58. The van der Waals surface area contributed by atoms with Crippen LogP contribution in [-0.2, 0) is 6.54 Å². The molecule has 0 spiro atoms. The molecule has 1 N–H and O–H groups in total. The molecule has 0 fully saturated rings. The molecule has 0 aliphatic carbocycles. The lowest BCUT2D eigenvalue weighted by molar-refractivity contribution is 0.881. The lowest BCUT2D eigenvalue weighted by atomic mass is 10.3. The maximum Gasteiger partial charge on any atom is 0.0599 e. The van der Waals surface area contributed by atoms with Crippen LogP contribution < -0.4 is 10.2 Å². The Labute approximate surface area is 101 Å². The highest BCUT2D eigenvalue weighted by Crippen LogP contribution is 2.17. The van der Waals surface area contributed by atoms with E-state index >= 15 is 0 Å². The fourth-order valence-electron chi connectivity index (χ4n) is 1.60. The van der Waals surface area contributed by atoms with Crippen LogP contribution in [0.5, 0.6) is 0 Å². The number of anilines is 2. The van der Waals surface area contributed by atoms with Crippen LogP contribution in [0.25, 0.3) is 0 Å². The first-order chi connectivity index (χ1) is 8.29. The van der Waals surface area contributed by atoms with Gasteiger partial charge in [-0.2, -0.15) is 0 Å². The largest absolute Gasteiger partial charge is 0.387 e. The molecule has 2 aromatic heterocycles. The van der Waals surface area contributed by atoms with Crippen LogP contribution in [0.1, 0.15) is 5.69 Å². The van der Waals surface area contributed by atoms with E-state index in [4.69, 9.17) is 0 Å². The van der Waals surface area contributed by atoms with Crippen molar-refractivity contribution in [3.05, 3.63) is 48.5 Å². The molecule has 2 heterocycles. The molecule has 0 aliphatic heterocycles. The number of pyridine rings is 2. The fourth-order valence-corrected chi connectivity index (χ4v) is 1.60. The van der Waals surface area contributed by atoms with Crippen molar-refractivity contribution in [1.82, 2.24) is 9.97 Å². The monoisotopic (exact) mass is 228 g/mol. The summed E-state index contributed by atoms with van der Waals surface area (Å²) in [6, 6.07) is 8.01. The van der Waals surface area contributed by atoms with E-state index in [0.29, 0.717) is 0 Å². The zero-order chi connectivity index (χ0) is 12.1. The van der Waals surface area contributed by atoms with Gasteiger partial charge in [-0.15, -0.1) is 0 Å². The molecule has 88 valence electrons. The van der Waals surface area contributed by atoms with Crippen molar-refractivity contribution in [3.63, 3.8) is 0 Å². The summed E-state index contributed by atoms with van der Waals surface area (Å²) in [5.41, 5.74) is 3.13. The minimum atomic E-state index is 0.773. The average molecular weight is 228 g/mol. The summed E-state index contributed by atoms with van der Waals surface area (Å²) in [7, 11) is 3.92. The zero-order valence-corrected chi connectivity index (χ0v) is 10.1. The number of rotatable bonds is 4. The summed E-state index contributed by atoms with van der Waals surface area (Å²) in [5.74, 6) is 0. The first kappa shape index (κ1) is 11.4. The summed E-state index contributed by atoms with van der Waals surface area (Å²) < 4.78 is 0. The van der Waals surface area contributed by atoms with Gasteiger partial charge < -0.3 is 10.2 Å². The number of hydrogen-bond acceptors (Lipinski definition) is 4. The predicted octanol–water partition coefficient (Wildman–Crippen LogP) is 2.15. The van der Waals surface area contributed by atoms with Gasteiger partial charge in [-0.1, -0.05) is 6.07 Å². The Kier molecular flexibility index (Phi) is 3.55. The standard InChI is InChI=1S/C13H16N4/c1-14-12-7-13(9-15-8-12)17(2)10-11-5-3-4-6-16-11/h3-9,14H,10H2,1-2H3. The van der Waals surface area contributed by atoms with Gasteiger partial charge in [-0.25, -0.2) is 0 Å². The van der Waals surface area contributed by atoms with Crippen molar-refractivity contribution in [2.24, 2.45) is 0 Å². The van der Waals surface area contributed by atoms with Crippen molar-refractivity contribution in [1.29, 1.82) is 0 Å². The lowest BCUT2D eigenvalue weighted by Gasteiger charge is -2.19. The van der Waals surface area contributed by atoms with E-state index in [9.17, 15) is 0 Å². The minimum Gasteiger partial charge on any atom is -0.387 e. The maximum absolute atomic E-state index is 4.31. The van der Waals surface area contributed by atoms with E-state index in [2.05, 4.69) is 26.3 Å². The maximum atomic E-state index is 4.31. The summed E-state index contributed by atoms with van der Waals surface area (Å²) in [6.07, 6.45) is 5.47. The molecule has 4 heteroatoms. The summed E-state index contributed by atoms with van der Waals surface area (Å²) in [6.45, 7) is 0.773. The second-order valence-corrected chi connectivity index (χ2v) is 3.86. The summed E-state index contributed by atoms with van der Waals surface area (Å²) in [5, 5.41) is 3.08. The molecule has 0 saturated carbocycles. The normalized spacial score (nSPS) is 10.0. The van der Waals surface area contributed by atoms with Crippen LogP contribution in [0.4, 0.5) is 11.4 Å². The highest BCUT2D eigenvalue weighted by Gasteiger charge is 2.03. The Hall–Kier alpha value is -2.10. The molecule has 2 aromatic rings. The third-order valence-corrected chi connectivity index (χ3v) is 2.58. The number of aromatic nitrogens is 2. The SMILES string of the molecule is CNc1cncc(N(C)Cc2ccccn2)c1. The molecule has 0 amide bonds. The lowest BCUT2D eigenvalue weighted by Crippen LogP contribution is -2.17. The van der Waals surface area contributed by atoms with Crippen molar-refractivity contribution < 1.29 is 0 Å². The number of nitrogens with zero attached hydrogens (tertiary/aromatic N) is 3. The first-order valence-electron chi connectivity index (χ1n) is 5.53. The van der Waals surface area contributed by atoms with Crippen LogP contribution in [-0.4, -0.2) is 24.1 Å². The molecule has 0 unspecified atom stereocenters. The minimum absolute atomic E-state index is 0.773. The van der Waals surface area contributed by atoms with Gasteiger partial charge in [0, 0.05) is 20.3 Å². The quantitative estimate of drug-likeness (QED) is 0.870. The van der Waals surface area contributed by atoms with E-state index < -0.39 is 0 Å². The Morgan fingerprint density at radius 3 is 2.88 bits per heavy atom. The molecule has 0 radical (unpaired) electrons. The van der Waals surface area contributed by atoms with Gasteiger partial charge in [0.05, 0.1) is 36.0 Å². The van der Waals surface area contributed by atoms with Crippen LogP contribution in [0.15, 0.2) is 42.9 Å². The molecule has 0 atom stereocenters. The third kappa shape index (κ3) is 2.93. The van der Waals surface area contributed by atoms with Gasteiger partial charge in [-0.3, -0.25) is 9.97 Å². The van der Waals surface area contributed by atoms with Crippen molar-refractivity contribution in [2.45, 2.75) is 6.54 Å². The molecule has 0 aliphatic rings. The Balaban J connectivity index is 2.11. The van der Waals surface area contributed by atoms with Crippen LogP contribution >= 0.6 is 0 Å². The van der Waals surface area contributed by atoms with Gasteiger partial charge in [0.15, 0.2) is 0 Å². The zero-order valence-electron chi connectivity index (χ0n) is 10.1. The Bertz CT molecular complexity index is 470. The van der Waals surface area contributed by atoms with E-state index in [1.54, 1.807) is 6.20 Å². The smallest absolute Gasteiger partial charge is 0.0599 e. The van der Waals surface area contributed by atoms with Gasteiger partial charge in [-0.05, 0) is 18.2 Å². The second-order valence-electron chi connectivity index (χ2n) is 3.86. The first-order valence-corrected chi connectivity index (χ1v) is 5.53.